The molecule has 1 unspecified atom stereocenters. The molecule has 43 heavy (non-hydrogen) atoms. The van der Waals surface area contributed by atoms with Gasteiger partial charge in [-0.25, -0.2) is 0 Å². The van der Waals surface area contributed by atoms with Gasteiger partial charge < -0.3 is 20.4 Å². The van der Waals surface area contributed by atoms with Gasteiger partial charge in [0, 0.05) is 37.3 Å². The van der Waals surface area contributed by atoms with Crippen molar-refractivity contribution in [1.29, 1.82) is 0 Å². The zero-order valence-electron chi connectivity index (χ0n) is 25.8. The highest BCUT2D eigenvalue weighted by Gasteiger charge is 2.31. The number of nitrogens with zero attached hydrogens (tertiary/aromatic N) is 3. The van der Waals surface area contributed by atoms with E-state index in [1.165, 1.54) is 35.6 Å². The molecular weight excluding hydrogens is 538 g/mol. The Morgan fingerprint density at radius 2 is 1.63 bits per heavy atom. The Hall–Kier alpha value is -4.04. The molecule has 0 aliphatic carbocycles. The molecule has 3 aromatic carbocycles. The van der Waals surface area contributed by atoms with E-state index in [0.717, 1.165) is 49.6 Å². The van der Waals surface area contributed by atoms with Gasteiger partial charge in [-0.15, -0.1) is 0 Å². The first-order valence-electron chi connectivity index (χ1n) is 15.5. The van der Waals surface area contributed by atoms with Gasteiger partial charge in [0.05, 0.1) is 0 Å². The van der Waals surface area contributed by atoms with Crippen LogP contribution in [0, 0.1) is 5.92 Å². The zero-order valence-corrected chi connectivity index (χ0v) is 25.8. The van der Waals surface area contributed by atoms with Crippen molar-refractivity contribution in [3.8, 4) is 11.5 Å². The van der Waals surface area contributed by atoms with E-state index >= 15 is 0 Å². The maximum absolute atomic E-state index is 11.1. The highest BCUT2D eigenvalue weighted by atomic mass is 16.3. The molecule has 3 aromatic rings. The molecule has 0 aromatic heterocycles. The van der Waals surface area contributed by atoms with Crippen LogP contribution in [0.5, 0.6) is 11.5 Å². The summed E-state index contributed by atoms with van der Waals surface area (Å²) < 4.78 is 0. The topological polar surface area (TPSA) is 100 Å². The molecule has 1 fully saturated rings. The second kappa shape index (κ2) is 13.5. The number of benzene rings is 3. The number of hydrazone groups is 1. The van der Waals surface area contributed by atoms with Crippen LogP contribution in [0.3, 0.4) is 0 Å². The molecule has 1 atom stereocenters. The lowest BCUT2D eigenvalue weighted by molar-refractivity contribution is -0.118. The highest BCUT2D eigenvalue weighted by molar-refractivity contribution is 5.98. The van der Waals surface area contributed by atoms with Crippen molar-refractivity contribution < 1.29 is 15.0 Å². The predicted octanol–water partition coefficient (Wildman–Crippen LogP) is 5.80. The molecule has 0 radical (unpaired) electrons. The van der Waals surface area contributed by atoms with Crippen LogP contribution in [0.4, 0.5) is 5.69 Å². The normalized spacial score (nSPS) is 17.7. The lowest BCUT2D eigenvalue weighted by atomic mass is 9.90. The third-order valence-electron chi connectivity index (χ3n) is 8.71. The first-order chi connectivity index (χ1) is 20.7. The van der Waals surface area contributed by atoms with Crippen molar-refractivity contribution >= 4 is 17.4 Å². The van der Waals surface area contributed by atoms with E-state index in [1.54, 1.807) is 6.92 Å². The van der Waals surface area contributed by atoms with E-state index < -0.39 is 0 Å². The Morgan fingerprint density at radius 1 is 0.977 bits per heavy atom. The molecule has 8 heteroatoms. The van der Waals surface area contributed by atoms with Gasteiger partial charge in [-0.05, 0) is 98.0 Å². The van der Waals surface area contributed by atoms with Gasteiger partial charge in [-0.1, -0.05) is 50.2 Å². The minimum Gasteiger partial charge on any atom is -0.508 e. The summed E-state index contributed by atoms with van der Waals surface area (Å²) in [6.07, 6.45) is 3.96. The second-order valence-corrected chi connectivity index (χ2v) is 12.3. The third kappa shape index (κ3) is 7.49. The van der Waals surface area contributed by atoms with Crippen LogP contribution in [0.15, 0.2) is 65.8 Å². The van der Waals surface area contributed by atoms with E-state index in [1.807, 2.05) is 26.8 Å². The lowest BCUT2D eigenvalue weighted by Gasteiger charge is -2.32. The van der Waals surface area contributed by atoms with Crippen LogP contribution >= 0.6 is 0 Å². The second-order valence-electron chi connectivity index (χ2n) is 12.3. The fourth-order valence-corrected chi connectivity index (χ4v) is 6.22. The van der Waals surface area contributed by atoms with Crippen molar-refractivity contribution in [2.24, 2.45) is 11.0 Å². The summed E-state index contributed by atoms with van der Waals surface area (Å²) in [5.74, 6) is 1.80. The molecule has 4 N–H and O–H groups in total. The number of hydrogen-bond donors (Lipinski definition) is 4. The quantitative estimate of drug-likeness (QED) is 0.241. The lowest BCUT2D eigenvalue weighted by Crippen LogP contribution is -2.34. The van der Waals surface area contributed by atoms with Crippen LogP contribution in [-0.2, 0) is 24.2 Å². The van der Waals surface area contributed by atoms with Crippen LogP contribution in [0.2, 0.25) is 0 Å². The summed E-state index contributed by atoms with van der Waals surface area (Å²) in [5, 5.41) is 28.3. The highest BCUT2D eigenvalue weighted by Crippen LogP contribution is 2.39. The number of nitrogens with one attached hydrogen (secondary N) is 2. The Bertz CT molecular complexity index is 1430. The van der Waals surface area contributed by atoms with E-state index in [4.69, 9.17) is 0 Å². The summed E-state index contributed by atoms with van der Waals surface area (Å²) in [6.45, 7) is 11.4. The van der Waals surface area contributed by atoms with Crippen molar-refractivity contribution in [1.82, 2.24) is 15.6 Å². The molecule has 2 heterocycles. The third-order valence-corrected chi connectivity index (χ3v) is 8.71. The number of phenolic OH excluding ortho intramolecular Hbond substituents is 2. The SMILES string of the molecule is CC(=O)NCCc1ccc(CN2CCC(Cc3ccc(N4C(C)=NNC4c4cc(C(C)C)c(O)cc4O)cc3)CC2)cc1. The number of anilines is 1. The molecular formula is C35H45N5O3. The Balaban J connectivity index is 1.14. The van der Waals surface area contributed by atoms with Gasteiger partial charge in [0.15, 0.2) is 6.17 Å². The first-order valence-corrected chi connectivity index (χ1v) is 15.5. The maximum atomic E-state index is 11.1. The molecule has 0 spiro atoms. The van der Waals surface area contributed by atoms with Crippen molar-refractivity contribution in [2.75, 3.05) is 24.5 Å². The minimum absolute atomic E-state index is 0.0175. The number of aromatic hydroxyl groups is 2. The van der Waals surface area contributed by atoms with Gasteiger partial charge in [-0.3, -0.25) is 15.1 Å². The van der Waals surface area contributed by atoms with E-state index in [2.05, 4.69) is 74.2 Å². The number of amides is 1. The number of amidine groups is 1. The molecule has 2 aliphatic heterocycles. The van der Waals surface area contributed by atoms with E-state index in [9.17, 15) is 15.0 Å². The molecule has 0 saturated carbocycles. The van der Waals surface area contributed by atoms with Crippen molar-refractivity contribution in [3.63, 3.8) is 0 Å². The number of phenols is 2. The number of carbonyl (C=O) groups excluding carboxylic acids is 1. The monoisotopic (exact) mass is 583 g/mol. The molecule has 1 saturated heterocycles. The Labute approximate surface area is 255 Å². The summed E-state index contributed by atoms with van der Waals surface area (Å²) >= 11 is 0. The molecule has 1 amide bonds. The number of hydrogen-bond acceptors (Lipinski definition) is 7. The van der Waals surface area contributed by atoms with Crippen LogP contribution in [0.1, 0.15) is 80.4 Å². The van der Waals surface area contributed by atoms with Crippen LogP contribution < -0.4 is 15.6 Å². The van der Waals surface area contributed by atoms with E-state index in [0.29, 0.717) is 18.0 Å². The Kier molecular flexibility index (Phi) is 9.56. The standard InChI is InChI=1S/C35H45N5O3/c1-23(2)31-20-32(34(43)21-33(31)42)35-38-37-24(3)40(35)30-11-9-27(10-12-30)19-28-14-17-39(18-15-28)22-29-7-5-26(6-8-29)13-16-36-25(4)41/h5-12,20-21,23,28,35,38,42-43H,13-19,22H2,1-4H3,(H,36,41). The number of piperidine rings is 1. The fourth-order valence-electron chi connectivity index (χ4n) is 6.22. The number of carbonyl (C=O) groups is 1. The summed E-state index contributed by atoms with van der Waals surface area (Å²) in [7, 11) is 0. The fraction of sp³-hybridized carbons (Fsp3) is 0.429. The smallest absolute Gasteiger partial charge is 0.216 e. The largest absolute Gasteiger partial charge is 0.508 e. The maximum Gasteiger partial charge on any atom is 0.216 e. The summed E-state index contributed by atoms with van der Waals surface area (Å²) in [4.78, 5) is 15.7. The zero-order chi connectivity index (χ0) is 30.5. The first kappa shape index (κ1) is 30.4. The van der Waals surface area contributed by atoms with Gasteiger partial charge in [-0.2, -0.15) is 5.10 Å². The molecule has 8 nitrogen and oxygen atoms in total. The summed E-state index contributed by atoms with van der Waals surface area (Å²) in [6, 6.07) is 20.8. The minimum atomic E-state index is -0.354. The average molecular weight is 584 g/mol. The van der Waals surface area contributed by atoms with Crippen LogP contribution in [-0.4, -0.2) is 46.5 Å². The van der Waals surface area contributed by atoms with Crippen LogP contribution in [0.25, 0.3) is 0 Å². The molecule has 2 aliphatic rings. The van der Waals surface area contributed by atoms with E-state index in [-0.39, 0.29) is 29.5 Å². The van der Waals surface area contributed by atoms with Gasteiger partial charge in [0.25, 0.3) is 0 Å². The molecule has 0 bridgehead atoms. The van der Waals surface area contributed by atoms with Crippen molar-refractivity contribution in [2.45, 2.75) is 72.0 Å². The molecule has 5 rings (SSSR count). The summed E-state index contributed by atoms with van der Waals surface area (Å²) in [5.41, 5.74) is 9.59. The number of likely N-dealkylation sites (tertiary alicyclic amines) is 1. The number of rotatable bonds is 10. The Morgan fingerprint density at radius 3 is 2.28 bits per heavy atom. The van der Waals surface area contributed by atoms with Crippen molar-refractivity contribution in [3.05, 3.63) is 88.5 Å². The molecule has 228 valence electrons. The van der Waals surface area contributed by atoms with Gasteiger partial charge >= 0.3 is 0 Å². The van der Waals surface area contributed by atoms with Gasteiger partial charge in [0.2, 0.25) is 5.91 Å². The predicted molar refractivity (Wildman–Crippen MR) is 172 cm³/mol. The average Bonchev–Trinajstić information content (AvgIpc) is 3.36. The van der Waals surface area contributed by atoms with Gasteiger partial charge in [0.1, 0.15) is 17.3 Å².